The molecular formula is C12H13ClO2. The van der Waals surface area contributed by atoms with Gasteiger partial charge in [-0.25, -0.2) is 0 Å². The molecule has 0 saturated carbocycles. The molecule has 0 spiro atoms. The average Bonchev–Trinajstić information content (AvgIpc) is 2.59. The van der Waals surface area contributed by atoms with Gasteiger partial charge in [-0.1, -0.05) is 23.7 Å². The van der Waals surface area contributed by atoms with E-state index in [1.165, 1.54) is 11.1 Å². The van der Waals surface area contributed by atoms with Crippen LogP contribution in [-0.2, 0) is 11.2 Å². The standard InChI is InChI=1S/C12H13ClO2/c13-11-3-1-2-9-8(4-6-10(9)11)5-7-12(14)15/h1-3,8H,4-7H2,(H,14,15). The number of hydrogen-bond donors (Lipinski definition) is 1. The van der Waals surface area contributed by atoms with E-state index in [2.05, 4.69) is 6.07 Å². The van der Waals surface area contributed by atoms with E-state index in [9.17, 15) is 4.79 Å². The highest BCUT2D eigenvalue weighted by molar-refractivity contribution is 6.31. The number of fused-ring (bicyclic) bond motifs is 1. The molecule has 1 aliphatic carbocycles. The molecule has 0 aromatic heterocycles. The van der Waals surface area contributed by atoms with Crippen molar-refractivity contribution >= 4 is 17.6 Å². The summed E-state index contributed by atoms with van der Waals surface area (Å²) in [5.41, 5.74) is 2.47. The van der Waals surface area contributed by atoms with Gasteiger partial charge in [0.1, 0.15) is 0 Å². The lowest BCUT2D eigenvalue weighted by atomic mass is 9.96. The van der Waals surface area contributed by atoms with E-state index < -0.39 is 5.97 Å². The summed E-state index contributed by atoms with van der Waals surface area (Å²) in [7, 11) is 0. The summed E-state index contributed by atoms with van der Waals surface area (Å²) in [6, 6.07) is 5.92. The quantitative estimate of drug-likeness (QED) is 0.856. The number of carbonyl (C=O) groups is 1. The maximum absolute atomic E-state index is 10.5. The lowest BCUT2D eigenvalue weighted by Gasteiger charge is -2.09. The Hall–Kier alpha value is -1.02. The highest BCUT2D eigenvalue weighted by atomic mass is 35.5. The number of halogens is 1. The van der Waals surface area contributed by atoms with E-state index in [4.69, 9.17) is 16.7 Å². The van der Waals surface area contributed by atoms with Crippen molar-refractivity contribution in [3.8, 4) is 0 Å². The molecule has 2 nitrogen and oxygen atoms in total. The topological polar surface area (TPSA) is 37.3 Å². The van der Waals surface area contributed by atoms with Crippen LogP contribution in [0.4, 0.5) is 0 Å². The van der Waals surface area contributed by atoms with Gasteiger partial charge < -0.3 is 5.11 Å². The fourth-order valence-corrected chi connectivity index (χ4v) is 2.57. The lowest BCUT2D eigenvalue weighted by molar-refractivity contribution is -0.137. The van der Waals surface area contributed by atoms with Crippen LogP contribution < -0.4 is 0 Å². The van der Waals surface area contributed by atoms with Crippen molar-refractivity contribution in [1.29, 1.82) is 0 Å². The Balaban J connectivity index is 2.14. The molecule has 15 heavy (non-hydrogen) atoms. The minimum absolute atomic E-state index is 0.247. The van der Waals surface area contributed by atoms with Crippen molar-refractivity contribution in [3.63, 3.8) is 0 Å². The number of aliphatic carboxylic acids is 1. The Morgan fingerprint density at radius 3 is 3.07 bits per heavy atom. The van der Waals surface area contributed by atoms with Crippen molar-refractivity contribution in [2.75, 3.05) is 0 Å². The van der Waals surface area contributed by atoms with E-state index >= 15 is 0 Å². The first-order valence-corrected chi connectivity index (χ1v) is 5.55. The highest BCUT2D eigenvalue weighted by Crippen LogP contribution is 2.39. The molecule has 2 rings (SSSR count). The summed E-state index contributed by atoms with van der Waals surface area (Å²) < 4.78 is 0. The Labute approximate surface area is 93.9 Å². The maximum Gasteiger partial charge on any atom is 0.303 e. The van der Waals surface area contributed by atoms with Crippen LogP contribution in [0, 0.1) is 0 Å². The van der Waals surface area contributed by atoms with Crippen LogP contribution in [0.5, 0.6) is 0 Å². The molecule has 1 atom stereocenters. The van der Waals surface area contributed by atoms with Crippen molar-refractivity contribution in [2.45, 2.75) is 31.6 Å². The van der Waals surface area contributed by atoms with Gasteiger partial charge in [0.2, 0.25) is 0 Å². The fourth-order valence-electron chi connectivity index (χ4n) is 2.29. The molecule has 1 unspecified atom stereocenters. The third-order valence-corrected chi connectivity index (χ3v) is 3.40. The fraction of sp³-hybridized carbons (Fsp3) is 0.417. The molecule has 0 fully saturated rings. The minimum atomic E-state index is -0.717. The second kappa shape index (κ2) is 4.23. The van der Waals surface area contributed by atoms with Crippen LogP contribution in [0.25, 0.3) is 0 Å². The van der Waals surface area contributed by atoms with Crippen molar-refractivity contribution in [2.24, 2.45) is 0 Å². The SMILES string of the molecule is O=C(O)CCC1CCc2c(Cl)cccc21. The van der Waals surface area contributed by atoms with Crippen molar-refractivity contribution in [3.05, 3.63) is 34.3 Å². The van der Waals surface area contributed by atoms with Gasteiger partial charge in [0, 0.05) is 11.4 Å². The van der Waals surface area contributed by atoms with E-state index in [0.29, 0.717) is 5.92 Å². The van der Waals surface area contributed by atoms with E-state index in [1.807, 2.05) is 12.1 Å². The van der Waals surface area contributed by atoms with Crippen LogP contribution in [0.15, 0.2) is 18.2 Å². The minimum Gasteiger partial charge on any atom is -0.481 e. The molecule has 1 aromatic carbocycles. The Morgan fingerprint density at radius 1 is 1.53 bits per heavy atom. The predicted octanol–water partition coefficient (Wildman–Crippen LogP) is 3.23. The molecule has 1 aliphatic rings. The van der Waals surface area contributed by atoms with Gasteiger partial charge in [-0.05, 0) is 42.4 Å². The molecule has 0 bridgehead atoms. The third kappa shape index (κ3) is 2.15. The summed E-state index contributed by atoms with van der Waals surface area (Å²) >= 11 is 6.08. The zero-order valence-electron chi connectivity index (χ0n) is 8.37. The Morgan fingerprint density at radius 2 is 2.33 bits per heavy atom. The number of hydrogen-bond acceptors (Lipinski definition) is 1. The Bertz CT molecular complexity index is 387. The molecule has 0 radical (unpaired) electrons. The van der Waals surface area contributed by atoms with Gasteiger partial charge in [0.05, 0.1) is 0 Å². The van der Waals surface area contributed by atoms with Crippen molar-refractivity contribution < 1.29 is 9.90 Å². The zero-order chi connectivity index (χ0) is 10.8. The average molecular weight is 225 g/mol. The smallest absolute Gasteiger partial charge is 0.303 e. The second-order valence-electron chi connectivity index (χ2n) is 3.98. The van der Waals surface area contributed by atoms with Gasteiger partial charge >= 0.3 is 5.97 Å². The molecule has 0 aliphatic heterocycles. The molecule has 0 heterocycles. The number of rotatable bonds is 3. The van der Waals surface area contributed by atoms with Crippen LogP contribution in [0.3, 0.4) is 0 Å². The Kier molecular flexibility index (Phi) is 2.96. The second-order valence-corrected chi connectivity index (χ2v) is 4.38. The molecule has 80 valence electrons. The maximum atomic E-state index is 10.5. The van der Waals surface area contributed by atoms with Gasteiger partial charge in [-0.3, -0.25) is 4.79 Å². The first-order chi connectivity index (χ1) is 7.18. The van der Waals surface area contributed by atoms with Crippen LogP contribution >= 0.6 is 11.6 Å². The van der Waals surface area contributed by atoms with E-state index in [0.717, 1.165) is 24.3 Å². The molecular weight excluding hydrogens is 212 g/mol. The number of benzene rings is 1. The van der Waals surface area contributed by atoms with E-state index in [1.54, 1.807) is 0 Å². The predicted molar refractivity (Wildman–Crippen MR) is 59.4 cm³/mol. The summed E-state index contributed by atoms with van der Waals surface area (Å²) in [6.07, 6.45) is 2.99. The zero-order valence-corrected chi connectivity index (χ0v) is 9.13. The molecule has 0 saturated heterocycles. The monoisotopic (exact) mass is 224 g/mol. The van der Waals surface area contributed by atoms with E-state index in [-0.39, 0.29) is 6.42 Å². The van der Waals surface area contributed by atoms with Gasteiger partial charge in [0.25, 0.3) is 0 Å². The van der Waals surface area contributed by atoms with Gasteiger partial charge in [-0.2, -0.15) is 0 Å². The number of carboxylic acids is 1. The van der Waals surface area contributed by atoms with Crippen molar-refractivity contribution in [1.82, 2.24) is 0 Å². The van der Waals surface area contributed by atoms with Crippen LogP contribution in [0.2, 0.25) is 5.02 Å². The summed E-state index contributed by atoms with van der Waals surface area (Å²) in [5, 5.41) is 9.47. The first kappa shape index (κ1) is 10.5. The first-order valence-electron chi connectivity index (χ1n) is 5.17. The molecule has 1 N–H and O–H groups in total. The van der Waals surface area contributed by atoms with Crippen LogP contribution in [0.1, 0.15) is 36.3 Å². The van der Waals surface area contributed by atoms with Gasteiger partial charge in [-0.15, -0.1) is 0 Å². The summed E-state index contributed by atoms with van der Waals surface area (Å²) in [4.78, 5) is 10.5. The molecule has 3 heteroatoms. The normalized spacial score (nSPS) is 18.9. The summed E-state index contributed by atoms with van der Waals surface area (Å²) in [5.74, 6) is -0.333. The van der Waals surface area contributed by atoms with Crippen LogP contribution in [-0.4, -0.2) is 11.1 Å². The largest absolute Gasteiger partial charge is 0.481 e. The molecule has 0 amide bonds. The summed E-state index contributed by atoms with van der Waals surface area (Å²) in [6.45, 7) is 0. The third-order valence-electron chi connectivity index (χ3n) is 3.04. The van der Waals surface area contributed by atoms with Gasteiger partial charge in [0.15, 0.2) is 0 Å². The lowest BCUT2D eigenvalue weighted by Crippen LogP contribution is -2.00. The number of carboxylic acid groups (broad SMARTS) is 1. The molecule has 1 aromatic rings. The highest BCUT2D eigenvalue weighted by Gasteiger charge is 2.24.